The summed E-state index contributed by atoms with van der Waals surface area (Å²) in [5.74, 6) is -0.920. The van der Waals surface area contributed by atoms with Crippen LogP contribution in [0.15, 0.2) is 78.9 Å². The van der Waals surface area contributed by atoms with Crippen LogP contribution in [0.25, 0.3) is 0 Å². The molecule has 0 aliphatic carbocycles. The number of hydrogen-bond acceptors (Lipinski definition) is 3. The monoisotopic (exact) mass is 468 g/mol. The highest BCUT2D eigenvalue weighted by molar-refractivity contribution is 6.30. The van der Waals surface area contributed by atoms with E-state index in [2.05, 4.69) is 5.32 Å². The van der Waals surface area contributed by atoms with Gasteiger partial charge in [-0.15, -0.1) is 0 Å². The van der Waals surface area contributed by atoms with Crippen LogP contribution in [0.5, 0.6) is 0 Å². The van der Waals surface area contributed by atoms with E-state index in [4.69, 9.17) is 16.3 Å². The summed E-state index contributed by atoms with van der Waals surface area (Å²) in [5.41, 5.74) is 2.17. The summed E-state index contributed by atoms with van der Waals surface area (Å²) in [6.07, 6.45) is 0.0903. The van der Waals surface area contributed by atoms with Gasteiger partial charge in [0.05, 0.1) is 13.0 Å². The maximum Gasteiger partial charge on any atom is 0.247 e. The zero-order valence-electron chi connectivity index (χ0n) is 18.3. The molecule has 0 bridgehead atoms. The number of halogens is 2. The quantitative estimate of drug-likeness (QED) is 0.444. The topological polar surface area (TPSA) is 58.6 Å². The fourth-order valence-electron chi connectivity index (χ4n) is 3.47. The third kappa shape index (κ3) is 7.14. The molecule has 3 aromatic rings. The lowest BCUT2D eigenvalue weighted by atomic mass is 10.0. The Kier molecular flexibility index (Phi) is 8.98. The summed E-state index contributed by atoms with van der Waals surface area (Å²) in [6, 6.07) is 21.2. The second-order valence-electron chi connectivity index (χ2n) is 7.55. The average molecular weight is 469 g/mol. The first-order chi connectivity index (χ1) is 16.0. The van der Waals surface area contributed by atoms with Crippen molar-refractivity contribution in [2.24, 2.45) is 0 Å². The zero-order chi connectivity index (χ0) is 23.6. The van der Waals surface area contributed by atoms with Gasteiger partial charge in [0.2, 0.25) is 11.8 Å². The van der Waals surface area contributed by atoms with Crippen LogP contribution >= 0.6 is 11.6 Å². The normalized spacial score (nSPS) is 11.6. The maximum atomic E-state index is 13.5. The van der Waals surface area contributed by atoms with Gasteiger partial charge in [-0.2, -0.15) is 0 Å². The van der Waals surface area contributed by atoms with Crippen molar-refractivity contribution in [1.82, 2.24) is 10.2 Å². The molecule has 0 aliphatic heterocycles. The molecule has 3 aromatic carbocycles. The molecular weight excluding hydrogens is 443 g/mol. The van der Waals surface area contributed by atoms with Gasteiger partial charge in [0, 0.05) is 25.2 Å². The molecule has 0 aromatic heterocycles. The van der Waals surface area contributed by atoms with Crippen LogP contribution in [0.1, 0.15) is 22.7 Å². The van der Waals surface area contributed by atoms with Gasteiger partial charge in [-0.1, -0.05) is 66.2 Å². The highest BCUT2D eigenvalue weighted by Crippen LogP contribution is 2.25. The lowest BCUT2D eigenvalue weighted by Gasteiger charge is -2.32. The summed E-state index contributed by atoms with van der Waals surface area (Å²) in [7, 11) is 1.55. The molecule has 33 heavy (non-hydrogen) atoms. The number of benzene rings is 3. The minimum absolute atomic E-state index is 0.0903. The summed E-state index contributed by atoms with van der Waals surface area (Å²) < 4.78 is 18.5. The maximum absolute atomic E-state index is 13.5. The Balaban J connectivity index is 1.96. The van der Waals surface area contributed by atoms with Crippen LogP contribution in [0.2, 0.25) is 5.02 Å². The Morgan fingerprint density at radius 2 is 1.61 bits per heavy atom. The molecule has 2 amide bonds. The second-order valence-corrected chi connectivity index (χ2v) is 7.98. The minimum Gasteiger partial charge on any atom is -0.383 e. The highest BCUT2D eigenvalue weighted by Gasteiger charge is 2.31. The molecule has 1 N–H and O–H groups in total. The number of amides is 2. The van der Waals surface area contributed by atoms with Crippen LogP contribution in [0.3, 0.4) is 0 Å². The van der Waals surface area contributed by atoms with Gasteiger partial charge >= 0.3 is 0 Å². The molecule has 172 valence electrons. The molecule has 0 unspecified atom stereocenters. The molecule has 0 spiro atoms. The Morgan fingerprint density at radius 1 is 0.970 bits per heavy atom. The molecule has 0 saturated heterocycles. The van der Waals surface area contributed by atoms with Crippen LogP contribution in [-0.2, 0) is 27.3 Å². The molecule has 3 rings (SSSR count). The van der Waals surface area contributed by atoms with Crippen LogP contribution in [-0.4, -0.2) is 37.0 Å². The fraction of sp³-hybridized carbons (Fsp3) is 0.231. The number of rotatable bonds is 10. The highest BCUT2D eigenvalue weighted by atomic mass is 35.5. The largest absolute Gasteiger partial charge is 0.383 e. The number of carbonyl (C=O) groups is 2. The molecule has 0 aliphatic rings. The average Bonchev–Trinajstić information content (AvgIpc) is 2.82. The van der Waals surface area contributed by atoms with Crippen molar-refractivity contribution < 1.29 is 18.7 Å². The van der Waals surface area contributed by atoms with E-state index in [0.29, 0.717) is 29.3 Å². The predicted octanol–water partition coefficient (Wildman–Crippen LogP) is 4.55. The smallest absolute Gasteiger partial charge is 0.247 e. The van der Waals surface area contributed by atoms with Gasteiger partial charge < -0.3 is 15.0 Å². The van der Waals surface area contributed by atoms with Crippen LogP contribution in [0, 0.1) is 5.82 Å². The number of nitrogens with zero attached hydrogens (tertiary/aromatic N) is 1. The van der Waals surface area contributed by atoms with Gasteiger partial charge in [-0.05, 0) is 41.0 Å². The minimum atomic E-state index is -0.868. The van der Waals surface area contributed by atoms with Crippen molar-refractivity contribution in [2.75, 3.05) is 20.3 Å². The van der Waals surface area contributed by atoms with Crippen molar-refractivity contribution in [3.63, 3.8) is 0 Å². The molecule has 5 nitrogen and oxygen atoms in total. The predicted molar refractivity (Wildman–Crippen MR) is 126 cm³/mol. The number of ether oxygens (including phenoxy) is 1. The van der Waals surface area contributed by atoms with Gasteiger partial charge in [-0.25, -0.2) is 4.39 Å². The van der Waals surface area contributed by atoms with Gasteiger partial charge in [0.1, 0.15) is 11.9 Å². The van der Waals surface area contributed by atoms with E-state index >= 15 is 0 Å². The van der Waals surface area contributed by atoms with E-state index in [0.717, 1.165) is 5.56 Å². The molecule has 0 fully saturated rings. The third-order valence-corrected chi connectivity index (χ3v) is 5.39. The Morgan fingerprint density at radius 3 is 2.24 bits per heavy atom. The molecule has 1 atom stereocenters. The van der Waals surface area contributed by atoms with Crippen LogP contribution in [0.4, 0.5) is 4.39 Å². The standard InChI is InChI=1S/C26H26ClFN2O3/c1-33-16-15-29-26(32)25(21-5-3-2-4-6-21)30(18-20-9-13-23(28)14-10-20)24(31)17-19-7-11-22(27)12-8-19/h2-14,25H,15-18H2,1H3,(H,29,32)/t25-/m1/s1. The molecule has 0 saturated carbocycles. The lowest BCUT2D eigenvalue weighted by molar-refractivity contribution is -0.141. The van der Waals surface area contributed by atoms with E-state index < -0.39 is 6.04 Å². The molecular formula is C26H26ClFN2O3. The van der Waals surface area contributed by atoms with E-state index in [9.17, 15) is 14.0 Å². The van der Waals surface area contributed by atoms with E-state index in [1.54, 1.807) is 43.5 Å². The Bertz CT molecular complexity index is 1040. The summed E-state index contributed by atoms with van der Waals surface area (Å²) in [4.78, 5) is 28.3. The number of methoxy groups -OCH3 is 1. The van der Waals surface area contributed by atoms with Crippen molar-refractivity contribution in [1.29, 1.82) is 0 Å². The van der Waals surface area contributed by atoms with Crippen molar-refractivity contribution >= 4 is 23.4 Å². The van der Waals surface area contributed by atoms with E-state index in [1.165, 1.54) is 17.0 Å². The molecule has 7 heteroatoms. The molecule has 0 radical (unpaired) electrons. The summed E-state index contributed by atoms with van der Waals surface area (Å²) >= 11 is 5.97. The number of nitrogens with one attached hydrogen (secondary N) is 1. The fourth-order valence-corrected chi connectivity index (χ4v) is 3.60. The first-order valence-corrected chi connectivity index (χ1v) is 11.0. The summed E-state index contributed by atoms with van der Waals surface area (Å²) in [5, 5.41) is 3.43. The zero-order valence-corrected chi connectivity index (χ0v) is 19.1. The Hall–Kier alpha value is -3.22. The lowest BCUT2D eigenvalue weighted by Crippen LogP contribution is -2.44. The third-order valence-electron chi connectivity index (χ3n) is 5.14. The Labute approximate surface area is 198 Å². The van der Waals surface area contributed by atoms with Crippen molar-refractivity contribution in [3.8, 4) is 0 Å². The molecule has 0 heterocycles. The number of carbonyl (C=O) groups excluding carboxylic acids is 2. The van der Waals surface area contributed by atoms with Gasteiger partial charge in [0.15, 0.2) is 0 Å². The van der Waals surface area contributed by atoms with E-state index in [-0.39, 0.29) is 30.6 Å². The summed E-state index contributed by atoms with van der Waals surface area (Å²) in [6.45, 7) is 0.808. The second kappa shape index (κ2) is 12.1. The van der Waals surface area contributed by atoms with Crippen molar-refractivity contribution in [2.45, 2.75) is 19.0 Å². The first kappa shape index (κ1) is 24.4. The number of hydrogen-bond donors (Lipinski definition) is 1. The van der Waals surface area contributed by atoms with Gasteiger partial charge in [0.25, 0.3) is 0 Å². The van der Waals surface area contributed by atoms with Crippen LogP contribution < -0.4 is 5.32 Å². The SMILES string of the molecule is COCCNC(=O)[C@@H](c1ccccc1)N(Cc1ccc(F)cc1)C(=O)Cc1ccc(Cl)cc1. The first-order valence-electron chi connectivity index (χ1n) is 10.6. The van der Waals surface area contributed by atoms with E-state index in [1.807, 2.05) is 30.3 Å². The van der Waals surface area contributed by atoms with Gasteiger partial charge in [-0.3, -0.25) is 9.59 Å². The van der Waals surface area contributed by atoms with Crippen molar-refractivity contribution in [3.05, 3.63) is 106 Å².